The number of hydrogen-bond acceptors (Lipinski definition) is 1. The van der Waals surface area contributed by atoms with E-state index in [0.29, 0.717) is 0 Å². The van der Waals surface area contributed by atoms with Crippen molar-refractivity contribution in [1.29, 1.82) is 0 Å². The molecule has 1 nitrogen and oxygen atoms in total. The van der Waals surface area contributed by atoms with Gasteiger partial charge in [0.15, 0.2) is 0 Å². The lowest BCUT2D eigenvalue weighted by Gasteiger charge is -2.34. The van der Waals surface area contributed by atoms with Gasteiger partial charge in [0, 0.05) is 16.9 Å². The first-order valence-corrected chi connectivity index (χ1v) is 21.5. The van der Waals surface area contributed by atoms with E-state index in [4.69, 9.17) is 0 Å². The van der Waals surface area contributed by atoms with E-state index in [-0.39, 0.29) is 0 Å². The maximum atomic E-state index is 2.48. The average molecular weight is 788 g/mol. The minimum atomic E-state index is -0.508. The summed E-state index contributed by atoms with van der Waals surface area (Å²) in [4.78, 5) is 2.48. The van der Waals surface area contributed by atoms with Gasteiger partial charge in [-0.15, -0.1) is 0 Å². The Labute approximate surface area is 362 Å². The third-order valence-corrected chi connectivity index (χ3v) is 13.1. The molecule has 12 rings (SSSR count). The molecule has 0 heterocycles. The van der Waals surface area contributed by atoms with Crippen LogP contribution in [0.2, 0.25) is 0 Å². The van der Waals surface area contributed by atoms with Gasteiger partial charge in [0.25, 0.3) is 0 Å². The summed E-state index contributed by atoms with van der Waals surface area (Å²) in [5, 5.41) is 7.55. The van der Waals surface area contributed by atoms with Gasteiger partial charge in [0.2, 0.25) is 0 Å². The average Bonchev–Trinajstić information content (AvgIpc) is 3.66. The van der Waals surface area contributed by atoms with Gasteiger partial charge >= 0.3 is 0 Å². The summed E-state index contributed by atoms with van der Waals surface area (Å²) in [7, 11) is 0. The molecular weight excluding hydrogens is 747 g/mol. The summed E-state index contributed by atoms with van der Waals surface area (Å²) in [6.07, 6.45) is 0. The number of hydrogen-bond donors (Lipinski definition) is 0. The number of rotatable bonds is 7. The summed E-state index contributed by atoms with van der Waals surface area (Å²) in [5.74, 6) is 0. The minimum absolute atomic E-state index is 0.508. The summed E-state index contributed by atoms with van der Waals surface area (Å²) in [6.45, 7) is 0. The Hall–Kier alpha value is -8.00. The second-order valence-electron chi connectivity index (χ2n) is 16.4. The van der Waals surface area contributed by atoms with Crippen molar-refractivity contribution >= 4 is 49.4 Å². The molecule has 0 amide bonds. The fourth-order valence-electron chi connectivity index (χ4n) is 10.4. The van der Waals surface area contributed by atoms with E-state index in [0.717, 1.165) is 17.1 Å². The zero-order valence-corrected chi connectivity index (χ0v) is 34.1. The maximum absolute atomic E-state index is 2.48. The summed E-state index contributed by atoms with van der Waals surface area (Å²) < 4.78 is 0. The molecular formula is C61H41N. The van der Waals surface area contributed by atoms with Gasteiger partial charge in [-0.3, -0.25) is 0 Å². The molecule has 0 fully saturated rings. The molecule has 1 aliphatic rings. The van der Waals surface area contributed by atoms with Crippen LogP contribution in [0.3, 0.4) is 0 Å². The molecule has 0 spiro atoms. The Kier molecular flexibility index (Phi) is 8.47. The standard InChI is InChI=1S/C61H41N/c1-3-20-48(21-4-1)61(49-22-5-2-6-23-49)57-29-12-11-27-56(57)60-58(61)30-15-31-59(60)62(50-37-34-44(35-38-50)54-28-14-18-42-16-7-9-25-52(42)54)51-24-13-19-45(41-51)46-36-39-55-47(40-46)33-32-43-17-8-10-26-53(43)55/h1-41H. The summed E-state index contributed by atoms with van der Waals surface area (Å²) in [6, 6.07) is 91.7. The zero-order valence-electron chi connectivity index (χ0n) is 34.1. The van der Waals surface area contributed by atoms with Gasteiger partial charge in [-0.25, -0.2) is 0 Å². The van der Waals surface area contributed by atoms with Gasteiger partial charge in [0.05, 0.1) is 11.1 Å². The molecule has 1 aliphatic carbocycles. The maximum Gasteiger partial charge on any atom is 0.0714 e. The quantitative estimate of drug-likeness (QED) is 0.145. The Morgan fingerprint density at radius 3 is 1.63 bits per heavy atom. The lowest BCUT2D eigenvalue weighted by Crippen LogP contribution is -2.28. The van der Waals surface area contributed by atoms with E-state index in [9.17, 15) is 0 Å². The van der Waals surface area contributed by atoms with Gasteiger partial charge in [-0.2, -0.15) is 0 Å². The highest BCUT2D eigenvalue weighted by atomic mass is 15.1. The fraction of sp³-hybridized carbons (Fsp3) is 0.0164. The normalized spacial score (nSPS) is 12.6. The van der Waals surface area contributed by atoms with Gasteiger partial charge < -0.3 is 4.90 Å². The predicted octanol–water partition coefficient (Wildman–Crippen LogP) is 16.3. The monoisotopic (exact) mass is 787 g/mol. The molecule has 0 saturated heterocycles. The first-order chi connectivity index (χ1) is 30.8. The number of anilines is 3. The molecule has 0 aliphatic heterocycles. The van der Waals surface area contributed by atoms with Crippen molar-refractivity contribution in [3.8, 4) is 33.4 Å². The number of fused-ring (bicyclic) bond motifs is 7. The fourth-order valence-corrected chi connectivity index (χ4v) is 10.4. The Morgan fingerprint density at radius 2 is 0.839 bits per heavy atom. The highest BCUT2D eigenvalue weighted by molar-refractivity contribution is 6.08. The third kappa shape index (κ3) is 5.63. The van der Waals surface area contributed by atoms with Crippen LogP contribution < -0.4 is 4.90 Å². The smallest absolute Gasteiger partial charge is 0.0714 e. The van der Waals surface area contributed by atoms with Crippen molar-refractivity contribution in [3.05, 3.63) is 271 Å². The van der Waals surface area contributed by atoms with Crippen LogP contribution in [0.4, 0.5) is 17.1 Å². The van der Waals surface area contributed by atoms with E-state index in [2.05, 4.69) is 254 Å². The van der Waals surface area contributed by atoms with Crippen molar-refractivity contribution in [2.45, 2.75) is 5.41 Å². The second kappa shape index (κ2) is 14.6. The Balaban J connectivity index is 1.08. The lowest BCUT2D eigenvalue weighted by molar-refractivity contribution is 0.768. The van der Waals surface area contributed by atoms with Gasteiger partial charge in [-0.1, -0.05) is 212 Å². The van der Waals surface area contributed by atoms with Gasteiger partial charge in [-0.05, 0) is 119 Å². The molecule has 0 N–H and O–H groups in total. The van der Waals surface area contributed by atoms with Crippen LogP contribution in [0.5, 0.6) is 0 Å². The van der Waals surface area contributed by atoms with Crippen molar-refractivity contribution in [2.75, 3.05) is 4.90 Å². The van der Waals surface area contributed by atoms with E-state index < -0.39 is 5.41 Å². The molecule has 0 aromatic heterocycles. The molecule has 62 heavy (non-hydrogen) atoms. The Morgan fingerprint density at radius 1 is 0.290 bits per heavy atom. The molecule has 0 bridgehead atoms. The van der Waals surface area contributed by atoms with Crippen molar-refractivity contribution in [3.63, 3.8) is 0 Å². The van der Waals surface area contributed by atoms with E-state index in [1.54, 1.807) is 0 Å². The molecule has 11 aromatic rings. The topological polar surface area (TPSA) is 3.24 Å². The highest BCUT2D eigenvalue weighted by Gasteiger charge is 2.47. The zero-order chi connectivity index (χ0) is 41.0. The summed E-state index contributed by atoms with van der Waals surface area (Å²) >= 11 is 0. The van der Waals surface area contributed by atoms with Crippen LogP contribution in [0, 0.1) is 0 Å². The molecule has 0 atom stereocenters. The van der Waals surface area contributed by atoms with Crippen molar-refractivity contribution in [2.24, 2.45) is 0 Å². The molecule has 0 unspecified atom stereocenters. The van der Waals surface area contributed by atoms with Crippen LogP contribution in [0.1, 0.15) is 22.3 Å². The first-order valence-electron chi connectivity index (χ1n) is 21.5. The highest BCUT2D eigenvalue weighted by Crippen LogP contribution is 2.59. The van der Waals surface area contributed by atoms with Gasteiger partial charge in [0.1, 0.15) is 0 Å². The summed E-state index contributed by atoms with van der Waals surface area (Å²) in [5.41, 5.74) is 15.2. The SMILES string of the molecule is c1ccc(C2(c3ccccc3)c3ccccc3-c3c(N(c4ccc(-c5cccc6ccccc56)cc4)c4cccc(-c5ccc6c(ccc7ccccc76)c5)c4)cccc32)cc1. The molecule has 290 valence electrons. The van der Waals surface area contributed by atoms with E-state index in [1.807, 2.05) is 0 Å². The van der Waals surface area contributed by atoms with Crippen LogP contribution >= 0.6 is 0 Å². The predicted molar refractivity (Wildman–Crippen MR) is 262 cm³/mol. The molecule has 11 aromatic carbocycles. The van der Waals surface area contributed by atoms with E-state index in [1.165, 1.54) is 88.0 Å². The first kappa shape index (κ1) is 35.9. The second-order valence-corrected chi connectivity index (χ2v) is 16.4. The number of benzene rings is 11. The third-order valence-electron chi connectivity index (χ3n) is 13.1. The van der Waals surface area contributed by atoms with Crippen molar-refractivity contribution in [1.82, 2.24) is 0 Å². The number of nitrogens with zero attached hydrogens (tertiary/aromatic N) is 1. The largest absolute Gasteiger partial charge is 0.310 e. The minimum Gasteiger partial charge on any atom is -0.310 e. The molecule has 0 radical (unpaired) electrons. The molecule has 0 saturated carbocycles. The van der Waals surface area contributed by atoms with Crippen LogP contribution in [0.25, 0.3) is 65.7 Å². The lowest BCUT2D eigenvalue weighted by atomic mass is 9.68. The van der Waals surface area contributed by atoms with Crippen LogP contribution in [-0.2, 0) is 5.41 Å². The molecule has 1 heteroatoms. The van der Waals surface area contributed by atoms with Crippen LogP contribution in [-0.4, -0.2) is 0 Å². The van der Waals surface area contributed by atoms with Crippen molar-refractivity contribution < 1.29 is 0 Å². The van der Waals surface area contributed by atoms with E-state index >= 15 is 0 Å². The van der Waals surface area contributed by atoms with Crippen LogP contribution in [0.15, 0.2) is 249 Å². The Bertz CT molecular complexity index is 3410.